The van der Waals surface area contributed by atoms with Gasteiger partial charge in [-0.3, -0.25) is 0 Å². The molecule has 2 saturated heterocycles. The van der Waals surface area contributed by atoms with Gasteiger partial charge in [-0.05, 0) is 0 Å². The number of morpholine rings is 1. The van der Waals surface area contributed by atoms with Crippen LogP contribution in [-0.4, -0.2) is 41.9 Å². The van der Waals surface area contributed by atoms with Crippen LogP contribution in [0.2, 0.25) is 0 Å². The van der Waals surface area contributed by atoms with E-state index in [4.69, 9.17) is 9.47 Å². The molecular formula is C18H27CrNO2. The Morgan fingerprint density at radius 3 is 2.73 bits per heavy atom. The van der Waals surface area contributed by atoms with E-state index in [9.17, 15) is 0 Å². The molecule has 0 radical (unpaired) electrons. The Kier molecular flexibility index (Phi) is 4.24. The Morgan fingerprint density at radius 1 is 1.18 bits per heavy atom. The van der Waals surface area contributed by atoms with E-state index < -0.39 is 0 Å². The summed E-state index contributed by atoms with van der Waals surface area (Å²) in [6.07, 6.45) is 9.49. The van der Waals surface area contributed by atoms with Crippen LogP contribution in [0.1, 0.15) is 51.9 Å². The van der Waals surface area contributed by atoms with E-state index in [1.165, 1.54) is 49.5 Å². The molecule has 0 unspecified atom stereocenters. The normalized spacial score (nSPS) is 39.5. The fraction of sp³-hybridized carbons (Fsp3) is 0.833. The average molecular weight is 341 g/mol. The van der Waals surface area contributed by atoms with Gasteiger partial charge < -0.3 is 0 Å². The molecule has 1 spiro atoms. The third-order valence-electron chi connectivity index (χ3n) is 6.21. The first-order valence-corrected chi connectivity index (χ1v) is 9.60. The molecule has 2 aliphatic carbocycles. The van der Waals surface area contributed by atoms with Crippen molar-refractivity contribution in [2.75, 3.05) is 26.3 Å². The van der Waals surface area contributed by atoms with Gasteiger partial charge in [0.15, 0.2) is 0 Å². The molecule has 0 amide bonds. The first kappa shape index (κ1) is 15.4. The van der Waals surface area contributed by atoms with Gasteiger partial charge in [0.2, 0.25) is 0 Å². The molecule has 4 aliphatic rings. The monoisotopic (exact) mass is 341 g/mol. The maximum absolute atomic E-state index is 6.09. The fourth-order valence-electron chi connectivity index (χ4n) is 5.26. The molecule has 122 valence electrons. The molecule has 0 aromatic heterocycles. The summed E-state index contributed by atoms with van der Waals surface area (Å²) < 4.78 is 12.9. The number of ether oxygens (including phenoxy) is 2. The molecule has 22 heavy (non-hydrogen) atoms. The molecule has 0 aromatic rings. The molecular weight excluding hydrogens is 314 g/mol. The minimum absolute atomic E-state index is 0.297. The Hall–Kier alpha value is -0.138. The van der Waals surface area contributed by atoms with Gasteiger partial charge in [-0.2, -0.15) is 0 Å². The molecule has 2 heterocycles. The van der Waals surface area contributed by atoms with Crippen LogP contribution >= 0.6 is 0 Å². The summed E-state index contributed by atoms with van der Waals surface area (Å²) in [7, 11) is 0. The van der Waals surface area contributed by atoms with E-state index in [0.717, 1.165) is 26.3 Å². The van der Waals surface area contributed by atoms with Crippen molar-refractivity contribution in [2.45, 2.75) is 58.0 Å². The van der Waals surface area contributed by atoms with Crippen LogP contribution in [0.4, 0.5) is 0 Å². The number of hydrogen-bond acceptors (Lipinski definition) is 3. The zero-order valence-corrected chi connectivity index (χ0v) is 14.9. The Labute approximate surface area is 142 Å². The molecule has 2 aliphatic heterocycles. The topological polar surface area (TPSA) is 21.7 Å². The second-order valence-electron chi connectivity index (χ2n) is 7.45. The molecule has 0 aromatic carbocycles. The van der Waals surface area contributed by atoms with Crippen molar-refractivity contribution >= 4 is 4.57 Å². The Balaban J connectivity index is 1.69. The zero-order chi connectivity index (χ0) is 15.2. The SMILES string of the molecule is C[C@H]1C[C@@]2(CCC(N3CCOCC3)=C3CCCC[C@@H]32)[C](=[Cr])O1. The summed E-state index contributed by atoms with van der Waals surface area (Å²) in [5.41, 5.74) is 3.74. The van der Waals surface area contributed by atoms with Gasteiger partial charge in [-0.25, -0.2) is 0 Å². The van der Waals surface area contributed by atoms with Gasteiger partial charge in [-0.1, -0.05) is 0 Å². The fourth-order valence-corrected chi connectivity index (χ4v) is 6.03. The number of fused-ring (bicyclic) bond motifs is 2. The van der Waals surface area contributed by atoms with Crippen molar-refractivity contribution in [3.05, 3.63) is 11.3 Å². The summed E-state index contributed by atoms with van der Waals surface area (Å²) >= 11 is 3.30. The molecule has 1 saturated carbocycles. The van der Waals surface area contributed by atoms with Crippen LogP contribution in [0.5, 0.6) is 0 Å². The number of rotatable bonds is 1. The second-order valence-corrected chi connectivity index (χ2v) is 8.02. The van der Waals surface area contributed by atoms with Crippen LogP contribution in [-0.2, 0) is 25.3 Å². The molecule has 0 bridgehead atoms. The van der Waals surface area contributed by atoms with Crippen LogP contribution < -0.4 is 0 Å². The van der Waals surface area contributed by atoms with Crippen molar-refractivity contribution in [1.29, 1.82) is 0 Å². The standard InChI is InChI=1S/C18H27NO2.Cr/c1-14-12-18(13-21-14)7-6-17(19-8-10-20-11-9-19)15-4-2-3-5-16(15)18;/h14,16H,2-12H2,1H3;/t14-,16-,18-;/m0./s1. The van der Waals surface area contributed by atoms with Gasteiger partial charge in [0.1, 0.15) is 0 Å². The van der Waals surface area contributed by atoms with E-state index in [2.05, 4.69) is 27.7 Å². The summed E-state index contributed by atoms with van der Waals surface area (Å²) in [5.74, 6) is 0.717. The molecule has 3 atom stereocenters. The number of nitrogens with zero attached hydrogens (tertiary/aromatic N) is 1. The maximum atomic E-state index is 6.09. The first-order chi connectivity index (χ1) is 10.7. The van der Waals surface area contributed by atoms with Gasteiger partial charge in [-0.15, -0.1) is 0 Å². The molecule has 3 fully saturated rings. The van der Waals surface area contributed by atoms with E-state index in [0.29, 0.717) is 17.4 Å². The van der Waals surface area contributed by atoms with Gasteiger partial charge in [0.05, 0.1) is 0 Å². The van der Waals surface area contributed by atoms with Crippen LogP contribution in [0.15, 0.2) is 11.3 Å². The average Bonchev–Trinajstić information content (AvgIpc) is 2.83. The Bertz CT molecular complexity index is 497. The molecule has 4 heteroatoms. The van der Waals surface area contributed by atoms with Gasteiger partial charge in [0.25, 0.3) is 0 Å². The minimum atomic E-state index is 0.297. The van der Waals surface area contributed by atoms with Crippen molar-refractivity contribution in [1.82, 2.24) is 4.90 Å². The molecule has 3 nitrogen and oxygen atoms in total. The predicted molar refractivity (Wildman–Crippen MR) is 83.2 cm³/mol. The Morgan fingerprint density at radius 2 is 2.00 bits per heavy atom. The first-order valence-electron chi connectivity index (χ1n) is 8.96. The molecule has 4 rings (SSSR count). The summed E-state index contributed by atoms with van der Waals surface area (Å²) in [6.45, 7) is 6.19. The summed E-state index contributed by atoms with van der Waals surface area (Å²) in [6, 6.07) is 0. The second kappa shape index (κ2) is 6.06. The third-order valence-corrected chi connectivity index (χ3v) is 7.00. The van der Waals surface area contributed by atoms with Crippen molar-refractivity contribution in [3.63, 3.8) is 0 Å². The van der Waals surface area contributed by atoms with Crippen molar-refractivity contribution in [2.24, 2.45) is 11.3 Å². The van der Waals surface area contributed by atoms with Crippen LogP contribution in [0.25, 0.3) is 0 Å². The van der Waals surface area contributed by atoms with Crippen LogP contribution in [0, 0.1) is 11.3 Å². The van der Waals surface area contributed by atoms with Crippen molar-refractivity contribution in [3.8, 4) is 0 Å². The van der Waals surface area contributed by atoms with E-state index in [1.807, 2.05) is 0 Å². The number of hydrogen-bond donors (Lipinski definition) is 0. The van der Waals surface area contributed by atoms with Gasteiger partial charge in [0, 0.05) is 0 Å². The van der Waals surface area contributed by atoms with Gasteiger partial charge >= 0.3 is 142 Å². The number of allylic oxidation sites excluding steroid dienone is 2. The summed E-state index contributed by atoms with van der Waals surface area (Å²) in [4.78, 5) is 2.63. The van der Waals surface area contributed by atoms with E-state index >= 15 is 0 Å². The third kappa shape index (κ3) is 2.44. The quantitative estimate of drug-likeness (QED) is 0.732. The zero-order valence-electron chi connectivity index (χ0n) is 13.6. The van der Waals surface area contributed by atoms with E-state index in [1.54, 1.807) is 11.3 Å². The van der Waals surface area contributed by atoms with E-state index in [-0.39, 0.29) is 0 Å². The summed E-state index contributed by atoms with van der Waals surface area (Å²) in [5, 5.41) is 0. The van der Waals surface area contributed by atoms with Crippen LogP contribution in [0.3, 0.4) is 0 Å². The molecule has 0 N–H and O–H groups in total. The predicted octanol–water partition coefficient (Wildman–Crippen LogP) is 3.03. The van der Waals surface area contributed by atoms with Crippen molar-refractivity contribution < 1.29 is 25.3 Å².